The van der Waals surface area contributed by atoms with Crippen LogP contribution in [0.4, 0.5) is 0 Å². The Balaban J connectivity index is 1.55. The van der Waals surface area contributed by atoms with Crippen LogP contribution in [0.15, 0.2) is 65.7 Å². The largest absolute Gasteiger partial charge is 0.497 e. The first kappa shape index (κ1) is 32.6. The highest BCUT2D eigenvalue weighted by Gasteiger charge is 2.21. The number of carbonyl (C=O) groups is 3. The van der Waals surface area contributed by atoms with Crippen LogP contribution in [0.3, 0.4) is 0 Å². The summed E-state index contributed by atoms with van der Waals surface area (Å²) >= 11 is 6.11. The summed E-state index contributed by atoms with van der Waals surface area (Å²) < 4.78 is 38.2. The second-order valence-electron chi connectivity index (χ2n) is 9.47. The van der Waals surface area contributed by atoms with Gasteiger partial charge in [-0.2, -0.15) is 0 Å². The lowest BCUT2D eigenvalue weighted by molar-refractivity contribution is 0.0251. The van der Waals surface area contributed by atoms with Gasteiger partial charge in [-0.05, 0) is 67.3 Å². The Morgan fingerprint density at radius 2 is 1.64 bits per heavy atom. The quantitative estimate of drug-likeness (QED) is 0.242. The van der Waals surface area contributed by atoms with Gasteiger partial charge in [-0.1, -0.05) is 50.4 Å². The molecule has 0 fully saturated rings. The highest BCUT2D eigenvalue weighted by Crippen LogP contribution is 2.22. The topological polar surface area (TPSA) is 141 Å². The molecule has 0 radical (unpaired) electrons. The highest BCUT2D eigenvalue weighted by atomic mass is 35.5. The molecular formula is C30H34ClN3O7S. The number of nitrogens with one attached hydrogen (secondary N) is 2. The van der Waals surface area contributed by atoms with Gasteiger partial charge in [-0.15, -0.1) is 0 Å². The van der Waals surface area contributed by atoms with Gasteiger partial charge in [0, 0.05) is 12.7 Å². The number of hydrogen-bond donors (Lipinski definition) is 2. The molecule has 0 aliphatic carbocycles. The van der Waals surface area contributed by atoms with Crippen LogP contribution in [-0.4, -0.2) is 50.9 Å². The number of carbonyl (C=O) groups excluding carboxylic acids is 3. The van der Waals surface area contributed by atoms with Crippen LogP contribution in [0, 0.1) is 0 Å². The van der Waals surface area contributed by atoms with Crippen LogP contribution < -0.4 is 14.8 Å². The van der Waals surface area contributed by atoms with E-state index in [0.29, 0.717) is 17.2 Å². The lowest BCUT2D eigenvalue weighted by atomic mass is 10.1. The zero-order chi connectivity index (χ0) is 30.7. The highest BCUT2D eigenvalue weighted by molar-refractivity contribution is 7.90. The van der Waals surface area contributed by atoms with E-state index in [4.69, 9.17) is 21.1 Å². The van der Waals surface area contributed by atoms with Gasteiger partial charge in [0.05, 0.1) is 28.2 Å². The van der Waals surface area contributed by atoms with Gasteiger partial charge in [-0.3, -0.25) is 9.59 Å². The van der Waals surface area contributed by atoms with E-state index >= 15 is 0 Å². The third-order valence-electron chi connectivity index (χ3n) is 6.31. The van der Waals surface area contributed by atoms with Gasteiger partial charge in [0.1, 0.15) is 17.5 Å². The molecule has 1 heterocycles. The molecule has 224 valence electrons. The number of rotatable bonds is 14. The fraction of sp³-hybridized carbons (Fsp3) is 0.333. The SMILES string of the molecule is CCCC(CCC)OC(=O)c1ccc(C(=O)NS(=O)(=O)c2ccc(CCNC(=O)c3cc(OC)ccc3Cl)cc2)cn1. The summed E-state index contributed by atoms with van der Waals surface area (Å²) in [5, 5.41) is 3.06. The minimum absolute atomic E-state index is 0.0303. The number of nitrogens with zero attached hydrogens (tertiary/aromatic N) is 1. The zero-order valence-corrected chi connectivity index (χ0v) is 25.3. The Bertz CT molecular complexity index is 1490. The zero-order valence-electron chi connectivity index (χ0n) is 23.7. The lowest BCUT2D eigenvalue weighted by Crippen LogP contribution is -2.30. The molecule has 42 heavy (non-hydrogen) atoms. The Hall–Kier alpha value is -3.96. The van der Waals surface area contributed by atoms with Crippen LogP contribution in [0.2, 0.25) is 5.02 Å². The van der Waals surface area contributed by atoms with E-state index in [1.807, 2.05) is 18.6 Å². The maximum atomic E-state index is 12.8. The first-order valence-corrected chi connectivity index (χ1v) is 15.4. The first-order valence-electron chi connectivity index (χ1n) is 13.5. The van der Waals surface area contributed by atoms with E-state index in [1.165, 1.54) is 31.4 Å². The number of aromatic nitrogens is 1. The van der Waals surface area contributed by atoms with Crippen LogP contribution in [-0.2, 0) is 21.2 Å². The Labute approximate surface area is 250 Å². The Morgan fingerprint density at radius 3 is 2.24 bits per heavy atom. The molecule has 2 amide bonds. The van der Waals surface area contributed by atoms with Gasteiger partial charge < -0.3 is 14.8 Å². The van der Waals surface area contributed by atoms with Crippen molar-refractivity contribution in [1.82, 2.24) is 15.0 Å². The summed E-state index contributed by atoms with van der Waals surface area (Å²) in [6.07, 6.45) is 4.60. The van der Waals surface area contributed by atoms with Gasteiger partial charge >= 0.3 is 5.97 Å². The van der Waals surface area contributed by atoms with Crippen molar-refractivity contribution in [2.24, 2.45) is 0 Å². The average molecular weight is 616 g/mol. The minimum Gasteiger partial charge on any atom is -0.497 e. The summed E-state index contributed by atoms with van der Waals surface area (Å²) in [5.41, 5.74) is 1.05. The van der Waals surface area contributed by atoms with Crippen LogP contribution in [0.25, 0.3) is 0 Å². The van der Waals surface area contributed by atoms with Crippen LogP contribution in [0.5, 0.6) is 5.75 Å². The molecule has 0 atom stereocenters. The van der Waals surface area contributed by atoms with Crippen molar-refractivity contribution in [1.29, 1.82) is 0 Å². The van der Waals surface area contributed by atoms with Crippen molar-refractivity contribution >= 4 is 39.4 Å². The second kappa shape index (κ2) is 15.3. The summed E-state index contributed by atoms with van der Waals surface area (Å²) in [4.78, 5) is 41.4. The van der Waals surface area contributed by atoms with E-state index < -0.39 is 21.9 Å². The fourth-order valence-corrected chi connectivity index (χ4v) is 5.24. The molecular weight excluding hydrogens is 582 g/mol. The molecule has 0 saturated heterocycles. The minimum atomic E-state index is -4.18. The summed E-state index contributed by atoms with van der Waals surface area (Å²) in [6.45, 7) is 4.30. The van der Waals surface area contributed by atoms with Crippen LogP contribution >= 0.6 is 11.6 Å². The van der Waals surface area contributed by atoms with Crippen molar-refractivity contribution in [2.45, 2.75) is 57.0 Å². The van der Waals surface area contributed by atoms with E-state index in [0.717, 1.165) is 37.4 Å². The van der Waals surface area contributed by atoms with Crippen molar-refractivity contribution < 1.29 is 32.3 Å². The summed E-state index contributed by atoms with van der Waals surface area (Å²) in [5.74, 6) is -1.34. The molecule has 1 aromatic heterocycles. The number of sulfonamides is 1. The standard InChI is InChI=1S/C30H34ClN3O7S/c1-4-6-22(7-5-2)41-30(37)27-15-10-21(19-33-27)28(35)34-42(38,39)24-12-8-20(9-13-24)16-17-32-29(36)25-18-23(40-3)11-14-26(25)31/h8-15,18-19,22H,4-7,16-17H2,1-3H3,(H,32,36)(H,34,35). The van der Waals surface area contributed by atoms with E-state index in [2.05, 4.69) is 10.3 Å². The van der Waals surface area contributed by atoms with Gasteiger partial charge in [0.2, 0.25) is 0 Å². The van der Waals surface area contributed by atoms with E-state index in [1.54, 1.807) is 30.3 Å². The third kappa shape index (κ3) is 9.02. The Kier molecular flexibility index (Phi) is 11.9. The average Bonchev–Trinajstić information content (AvgIpc) is 2.97. The molecule has 0 saturated carbocycles. The first-order chi connectivity index (χ1) is 20.1. The Morgan fingerprint density at radius 1 is 0.952 bits per heavy atom. The molecule has 12 heteroatoms. The van der Waals surface area contributed by atoms with Crippen molar-refractivity contribution in [2.75, 3.05) is 13.7 Å². The number of methoxy groups -OCH3 is 1. The van der Waals surface area contributed by atoms with Gasteiger partial charge in [0.15, 0.2) is 0 Å². The predicted molar refractivity (Wildman–Crippen MR) is 158 cm³/mol. The molecule has 2 aromatic carbocycles. The predicted octanol–water partition coefficient (Wildman–Crippen LogP) is 4.96. The van der Waals surface area contributed by atoms with Crippen molar-refractivity contribution in [3.8, 4) is 5.75 Å². The monoisotopic (exact) mass is 615 g/mol. The van der Waals surface area contributed by atoms with E-state index in [-0.39, 0.29) is 40.3 Å². The van der Waals surface area contributed by atoms with Crippen molar-refractivity contribution in [3.05, 3.63) is 88.2 Å². The third-order valence-corrected chi connectivity index (χ3v) is 7.98. The summed E-state index contributed by atoms with van der Waals surface area (Å²) in [7, 11) is -2.68. The summed E-state index contributed by atoms with van der Waals surface area (Å²) in [6, 6.07) is 13.3. The maximum absolute atomic E-state index is 12.8. The number of halogens is 1. The maximum Gasteiger partial charge on any atom is 0.357 e. The van der Waals surface area contributed by atoms with Crippen molar-refractivity contribution in [3.63, 3.8) is 0 Å². The van der Waals surface area contributed by atoms with E-state index in [9.17, 15) is 22.8 Å². The molecule has 10 nitrogen and oxygen atoms in total. The molecule has 3 aromatic rings. The molecule has 0 aliphatic rings. The molecule has 0 aliphatic heterocycles. The van der Waals surface area contributed by atoms with Gasteiger partial charge in [0.25, 0.3) is 21.8 Å². The number of amides is 2. The number of ether oxygens (including phenoxy) is 2. The number of pyridine rings is 1. The fourth-order valence-electron chi connectivity index (χ4n) is 4.06. The number of esters is 1. The number of hydrogen-bond acceptors (Lipinski definition) is 8. The smallest absolute Gasteiger partial charge is 0.357 e. The number of benzene rings is 2. The molecule has 2 N–H and O–H groups in total. The normalized spacial score (nSPS) is 11.2. The lowest BCUT2D eigenvalue weighted by Gasteiger charge is -2.16. The second-order valence-corrected chi connectivity index (χ2v) is 11.6. The van der Waals surface area contributed by atoms with Crippen LogP contribution in [0.1, 0.15) is 76.3 Å². The molecule has 0 unspecified atom stereocenters. The molecule has 0 spiro atoms. The van der Waals surface area contributed by atoms with Gasteiger partial charge in [-0.25, -0.2) is 22.9 Å². The molecule has 0 bridgehead atoms. The molecule has 3 rings (SSSR count).